The van der Waals surface area contributed by atoms with Crippen molar-refractivity contribution in [3.63, 3.8) is 0 Å². The minimum Gasteiger partial charge on any atom is -0.493 e. The van der Waals surface area contributed by atoms with E-state index < -0.39 is 35.7 Å². The molecule has 0 aliphatic carbocycles. The van der Waals surface area contributed by atoms with Gasteiger partial charge in [-0.1, -0.05) is 20.4 Å². The molecule has 3 nitrogen and oxygen atoms in total. The standard InChI is InChI=1S/C16H21F4NO2/c1-9-5-6-22-12(9)11(7-10(2)17)14(3,4)8-15(13(21)23-15)16(18,19)20/h7,13H,1,5-6,8,21H2,2-4H3/b10-7+,12-11-/t13-,15+/m1/s1. The van der Waals surface area contributed by atoms with Gasteiger partial charge in [-0.25, -0.2) is 4.39 Å². The van der Waals surface area contributed by atoms with Gasteiger partial charge >= 0.3 is 6.18 Å². The van der Waals surface area contributed by atoms with E-state index in [0.29, 0.717) is 29.9 Å². The van der Waals surface area contributed by atoms with E-state index in [-0.39, 0.29) is 0 Å². The fourth-order valence-corrected chi connectivity index (χ4v) is 2.94. The molecule has 2 aliphatic rings. The van der Waals surface area contributed by atoms with Crippen LogP contribution in [-0.4, -0.2) is 24.6 Å². The number of halogens is 4. The topological polar surface area (TPSA) is 47.8 Å². The van der Waals surface area contributed by atoms with Crippen molar-refractivity contribution in [1.82, 2.24) is 0 Å². The van der Waals surface area contributed by atoms with Crippen LogP contribution in [0.1, 0.15) is 33.6 Å². The van der Waals surface area contributed by atoms with Gasteiger partial charge in [0.25, 0.3) is 0 Å². The summed E-state index contributed by atoms with van der Waals surface area (Å²) >= 11 is 0. The fraction of sp³-hybridized carbons (Fsp3) is 0.625. The summed E-state index contributed by atoms with van der Waals surface area (Å²) in [5.41, 5.74) is 2.89. The Kier molecular flexibility index (Phi) is 4.41. The van der Waals surface area contributed by atoms with Crippen LogP contribution in [0, 0.1) is 5.41 Å². The van der Waals surface area contributed by atoms with E-state index in [0.717, 1.165) is 0 Å². The van der Waals surface area contributed by atoms with E-state index in [1.807, 2.05) is 0 Å². The molecule has 0 radical (unpaired) electrons. The number of rotatable bonds is 4. The van der Waals surface area contributed by atoms with E-state index in [1.165, 1.54) is 13.0 Å². The monoisotopic (exact) mass is 335 g/mol. The summed E-state index contributed by atoms with van der Waals surface area (Å²) in [5, 5.41) is 0. The summed E-state index contributed by atoms with van der Waals surface area (Å²) in [6, 6.07) is 0. The van der Waals surface area contributed by atoms with E-state index in [1.54, 1.807) is 13.8 Å². The molecular formula is C16H21F4NO2. The number of nitrogens with two attached hydrogens (primary N) is 1. The van der Waals surface area contributed by atoms with Crippen LogP contribution in [0.4, 0.5) is 17.6 Å². The SMILES string of the molecule is C=C1CCO/C1=C(/C=C(\C)F)C(C)(C)C[C@]1(C(F)(F)F)O[C@H]1N. The number of epoxide rings is 1. The molecule has 2 aliphatic heterocycles. The highest BCUT2D eigenvalue weighted by molar-refractivity contribution is 5.41. The highest BCUT2D eigenvalue weighted by Crippen LogP contribution is 2.55. The lowest BCUT2D eigenvalue weighted by atomic mass is 9.74. The van der Waals surface area contributed by atoms with Crippen LogP contribution in [-0.2, 0) is 9.47 Å². The van der Waals surface area contributed by atoms with Crippen molar-refractivity contribution in [1.29, 1.82) is 0 Å². The third-order valence-corrected chi connectivity index (χ3v) is 4.21. The summed E-state index contributed by atoms with van der Waals surface area (Å²) in [6.45, 7) is 8.63. The van der Waals surface area contributed by atoms with Gasteiger partial charge in [-0.3, -0.25) is 0 Å². The van der Waals surface area contributed by atoms with Crippen molar-refractivity contribution in [3.05, 3.63) is 35.4 Å². The Balaban J connectivity index is 2.43. The van der Waals surface area contributed by atoms with Gasteiger partial charge in [0.15, 0.2) is 0 Å². The van der Waals surface area contributed by atoms with Gasteiger partial charge < -0.3 is 15.2 Å². The maximum absolute atomic E-state index is 13.5. The van der Waals surface area contributed by atoms with Crippen molar-refractivity contribution in [2.45, 2.75) is 51.6 Å². The Labute approximate surface area is 132 Å². The minimum atomic E-state index is -4.60. The van der Waals surface area contributed by atoms with Crippen LogP contribution in [0.25, 0.3) is 0 Å². The molecule has 130 valence electrons. The Hall–Kier alpha value is -1.34. The van der Waals surface area contributed by atoms with Crippen molar-refractivity contribution in [3.8, 4) is 0 Å². The first-order valence-corrected chi connectivity index (χ1v) is 7.30. The zero-order valence-electron chi connectivity index (χ0n) is 13.4. The van der Waals surface area contributed by atoms with Crippen LogP contribution in [0.15, 0.2) is 35.4 Å². The average Bonchev–Trinajstić information content (AvgIpc) is 2.84. The third-order valence-electron chi connectivity index (χ3n) is 4.21. The molecule has 7 heteroatoms. The molecular weight excluding hydrogens is 314 g/mol. The molecule has 2 heterocycles. The maximum Gasteiger partial charge on any atom is 0.421 e. The van der Waals surface area contributed by atoms with Crippen molar-refractivity contribution in [2.24, 2.45) is 11.1 Å². The number of hydrogen-bond donors (Lipinski definition) is 1. The molecule has 2 rings (SSSR count). The second-order valence-corrected chi connectivity index (χ2v) is 6.66. The molecule has 0 aromatic heterocycles. The molecule has 0 aromatic carbocycles. The lowest BCUT2D eigenvalue weighted by Gasteiger charge is -2.31. The molecule has 0 spiro atoms. The molecule has 2 fully saturated rings. The largest absolute Gasteiger partial charge is 0.493 e. The van der Waals surface area contributed by atoms with Gasteiger partial charge in [-0.2, -0.15) is 13.2 Å². The fourth-order valence-electron chi connectivity index (χ4n) is 2.94. The van der Waals surface area contributed by atoms with Crippen LogP contribution in [0.5, 0.6) is 0 Å². The number of allylic oxidation sites excluding steroid dienone is 4. The minimum absolute atomic E-state index is 0.339. The summed E-state index contributed by atoms with van der Waals surface area (Å²) in [4.78, 5) is 0. The lowest BCUT2D eigenvalue weighted by molar-refractivity contribution is -0.190. The lowest BCUT2D eigenvalue weighted by Crippen LogP contribution is -2.41. The van der Waals surface area contributed by atoms with Gasteiger partial charge in [0, 0.05) is 12.0 Å². The van der Waals surface area contributed by atoms with E-state index >= 15 is 0 Å². The van der Waals surface area contributed by atoms with Crippen LogP contribution < -0.4 is 5.73 Å². The summed E-state index contributed by atoms with van der Waals surface area (Å²) in [5.74, 6) is -0.163. The first-order valence-electron chi connectivity index (χ1n) is 7.30. The zero-order chi connectivity index (χ0) is 17.6. The molecule has 0 unspecified atom stereocenters. The van der Waals surface area contributed by atoms with Gasteiger partial charge in [-0.05, 0) is 30.4 Å². The van der Waals surface area contributed by atoms with Crippen molar-refractivity contribution < 1.29 is 27.0 Å². The maximum atomic E-state index is 13.5. The highest BCUT2D eigenvalue weighted by atomic mass is 19.4. The smallest absolute Gasteiger partial charge is 0.421 e. The highest BCUT2D eigenvalue weighted by Gasteiger charge is 2.73. The Morgan fingerprint density at radius 3 is 2.35 bits per heavy atom. The van der Waals surface area contributed by atoms with Crippen molar-refractivity contribution in [2.75, 3.05) is 6.61 Å². The molecule has 0 aromatic rings. The molecule has 23 heavy (non-hydrogen) atoms. The first kappa shape index (κ1) is 18.0. The summed E-state index contributed by atoms with van der Waals surface area (Å²) in [6.07, 6.45) is -4.67. The average molecular weight is 335 g/mol. The van der Waals surface area contributed by atoms with E-state index in [2.05, 4.69) is 6.58 Å². The quantitative estimate of drug-likeness (QED) is 0.621. The van der Waals surface area contributed by atoms with Crippen LogP contribution in [0.3, 0.4) is 0 Å². The van der Waals surface area contributed by atoms with Crippen LogP contribution >= 0.6 is 0 Å². The van der Waals surface area contributed by atoms with Gasteiger partial charge in [-0.15, -0.1) is 0 Å². The molecule has 2 atom stereocenters. The third kappa shape index (κ3) is 3.30. The zero-order valence-corrected chi connectivity index (χ0v) is 13.4. The Morgan fingerprint density at radius 2 is 2.00 bits per heavy atom. The number of alkyl halides is 3. The second kappa shape index (κ2) is 5.63. The van der Waals surface area contributed by atoms with Gasteiger partial charge in [0.1, 0.15) is 12.0 Å². The van der Waals surface area contributed by atoms with Crippen LogP contribution in [0.2, 0.25) is 0 Å². The Bertz CT molecular complexity index is 573. The molecule has 0 bridgehead atoms. The first-order chi connectivity index (χ1) is 10.4. The van der Waals surface area contributed by atoms with Gasteiger partial charge in [0.05, 0.1) is 12.4 Å². The normalized spacial score (nSPS) is 31.2. The molecule has 2 N–H and O–H groups in total. The number of ether oxygens (including phenoxy) is 2. The molecule has 0 amide bonds. The predicted octanol–water partition coefficient (Wildman–Crippen LogP) is 4.12. The van der Waals surface area contributed by atoms with E-state index in [9.17, 15) is 17.6 Å². The van der Waals surface area contributed by atoms with Crippen molar-refractivity contribution >= 4 is 0 Å². The summed E-state index contributed by atoms with van der Waals surface area (Å²) in [7, 11) is 0. The van der Waals surface area contributed by atoms with E-state index in [4.69, 9.17) is 15.2 Å². The summed E-state index contributed by atoms with van der Waals surface area (Å²) < 4.78 is 63.6. The Morgan fingerprint density at radius 1 is 1.43 bits per heavy atom. The number of hydrogen-bond acceptors (Lipinski definition) is 3. The molecule has 2 saturated heterocycles. The van der Waals surface area contributed by atoms with Gasteiger partial charge in [0.2, 0.25) is 5.60 Å². The second-order valence-electron chi connectivity index (χ2n) is 6.66. The molecule has 0 saturated carbocycles. The predicted molar refractivity (Wildman–Crippen MR) is 77.8 cm³/mol.